The number of likely N-dealkylation sites (tertiary alicyclic amines) is 1. The molecular weight excluding hydrogens is 230 g/mol. The first-order valence-corrected chi connectivity index (χ1v) is 7.33. The summed E-state index contributed by atoms with van der Waals surface area (Å²) < 4.78 is 5.68. The van der Waals surface area contributed by atoms with Gasteiger partial charge in [-0.1, -0.05) is 12.8 Å². The number of aliphatic hydroxyl groups is 1. The molecule has 0 aromatic rings. The fraction of sp³-hybridized carbons (Fsp3) is 0.929. The lowest BCUT2D eigenvalue weighted by Gasteiger charge is -2.27. The van der Waals surface area contributed by atoms with Gasteiger partial charge >= 0.3 is 0 Å². The predicted octanol–water partition coefficient (Wildman–Crippen LogP) is 1.71. The summed E-state index contributed by atoms with van der Waals surface area (Å²) in [7, 11) is 0. The minimum absolute atomic E-state index is 0.142. The lowest BCUT2D eigenvalue weighted by molar-refractivity contribution is -0.139. The summed E-state index contributed by atoms with van der Waals surface area (Å²) >= 11 is 0. The van der Waals surface area contributed by atoms with Crippen molar-refractivity contribution in [3.63, 3.8) is 0 Å². The van der Waals surface area contributed by atoms with Gasteiger partial charge in [-0.3, -0.25) is 4.79 Å². The van der Waals surface area contributed by atoms with E-state index in [0.717, 1.165) is 51.6 Å². The Hall–Kier alpha value is -0.610. The van der Waals surface area contributed by atoms with Crippen molar-refractivity contribution in [2.45, 2.75) is 63.6 Å². The molecule has 2 rings (SSSR count). The van der Waals surface area contributed by atoms with Crippen molar-refractivity contribution in [2.24, 2.45) is 0 Å². The van der Waals surface area contributed by atoms with Crippen molar-refractivity contribution in [1.29, 1.82) is 0 Å². The van der Waals surface area contributed by atoms with E-state index in [1.807, 2.05) is 4.90 Å². The van der Waals surface area contributed by atoms with Crippen LogP contribution in [0.3, 0.4) is 0 Å². The highest BCUT2D eigenvalue weighted by molar-refractivity contribution is 5.77. The maximum atomic E-state index is 12.0. The Balaban J connectivity index is 1.67. The summed E-state index contributed by atoms with van der Waals surface area (Å²) in [6.07, 6.45) is 8.13. The van der Waals surface area contributed by atoms with Crippen LogP contribution in [0, 0.1) is 0 Å². The van der Waals surface area contributed by atoms with E-state index < -0.39 is 0 Å². The van der Waals surface area contributed by atoms with Gasteiger partial charge in [0.25, 0.3) is 0 Å². The minimum Gasteiger partial charge on any atom is -0.393 e. The number of hydrogen-bond acceptors (Lipinski definition) is 3. The van der Waals surface area contributed by atoms with Crippen LogP contribution in [-0.2, 0) is 9.53 Å². The zero-order chi connectivity index (χ0) is 12.8. The van der Waals surface area contributed by atoms with E-state index in [0.29, 0.717) is 0 Å². The Bertz CT molecular complexity index is 254. The van der Waals surface area contributed by atoms with E-state index in [1.54, 1.807) is 0 Å². The third kappa shape index (κ3) is 4.25. The van der Waals surface area contributed by atoms with Gasteiger partial charge in [0.1, 0.15) is 6.61 Å². The fourth-order valence-electron chi connectivity index (χ4n) is 2.81. The molecule has 0 bridgehead atoms. The Kier molecular flexibility index (Phi) is 5.45. The number of nitrogens with zero attached hydrogens (tertiary/aromatic N) is 1. The van der Waals surface area contributed by atoms with Crippen LogP contribution in [0.4, 0.5) is 0 Å². The van der Waals surface area contributed by atoms with E-state index in [-0.39, 0.29) is 24.7 Å². The number of carbonyl (C=O) groups excluding carboxylic acids is 1. The first-order chi connectivity index (χ1) is 8.75. The highest BCUT2D eigenvalue weighted by atomic mass is 16.5. The number of hydrogen-bond donors (Lipinski definition) is 1. The molecule has 4 nitrogen and oxygen atoms in total. The molecule has 104 valence electrons. The normalized spacial score (nSPS) is 29.9. The van der Waals surface area contributed by atoms with Crippen LogP contribution < -0.4 is 0 Å². The van der Waals surface area contributed by atoms with E-state index >= 15 is 0 Å². The second-order valence-electron chi connectivity index (χ2n) is 5.54. The maximum absolute atomic E-state index is 12.0. The summed E-state index contributed by atoms with van der Waals surface area (Å²) in [4.78, 5) is 14.0. The lowest BCUT2D eigenvalue weighted by Crippen LogP contribution is -2.36. The molecule has 0 radical (unpaired) electrons. The van der Waals surface area contributed by atoms with Crippen LogP contribution in [0.15, 0.2) is 0 Å². The molecule has 1 N–H and O–H groups in total. The van der Waals surface area contributed by atoms with Crippen molar-refractivity contribution in [3.8, 4) is 0 Å². The third-order valence-electron chi connectivity index (χ3n) is 4.05. The maximum Gasteiger partial charge on any atom is 0.248 e. The second kappa shape index (κ2) is 7.10. The SMILES string of the molecule is O=C(COC1CCC(O)CC1)N1CCCCCC1. The summed E-state index contributed by atoms with van der Waals surface area (Å²) in [6.45, 7) is 2.01. The number of aliphatic hydroxyl groups excluding tert-OH is 1. The first kappa shape index (κ1) is 13.8. The fourth-order valence-corrected chi connectivity index (χ4v) is 2.81. The van der Waals surface area contributed by atoms with Gasteiger partial charge in [-0.2, -0.15) is 0 Å². The van der Waals surface area contributed by atoms with Gasteiger partial charge in [0.05, 0.1) is 12.2 Å². The standard InChI is InChI=1S/C14H25NO3/c16-12-5-7-13(8-6-12)18-11-14(17)15-9-3-1-2-4-10-15/h12-13,16H,1-11H2. The summed E-state index contributed by atoms with van der Waals surface area (Å²) in [5, 5.41) is 9.41. The molecule has 1 amide bonds. The molecule has 0 unspecified atom stereocenters. The molecule has 0 aromatic carbocycles. The molecule has 2 aliphatic rings. The monoisotopic (exact) mass is 255 g/mol. The number of amides is 1. The highest BCUT2D eigenvalue weighted by Crippen LogP contribution is 2.21. The predicted molar refractivity (Wildman–Crippen MR) is 69.3 cm³/mol. The van der Waals surface area contributed by atoms with Crippen molar-refractivity contribution in [3.05, 3.63) is 0 Å². The highest BCUT2D eigenvalue weighted by Gasteiger charge is 2.22. The van der Waals surface area contributed by atoms with E-state index in [2.05, 4.69) is 0 Å². The Morgan fingerprint density at radius 3 is 2.28 bits per heavy atom. The first-order valence-electron chi connectivity index (χ1n) is 7.33. The molecule has 1 saturated carbocycles. The van der Waals surface area contributed by atoms with Crippen LogP contribution in [0.1, 0.15) is 51.4 Å². The van der Waals surface area contributed by atoms with Crippen LogP contribution in [0.25, 0.3) is 0 Å². The van der Waals surface area contributed by atoms with Gasteiger partial charge in [0.15, 0.2) is 0 Å². The van der Waals surface area contributed by atoms with E-state index in [1.165, 1.54) is 12.8 Å². The molecule has 1 heterocycles. The molecule has 4 heteroatoms. The smallest absolute Gasteiger partial charge is 0.248 e. The Morgan fingerprint density at radius 2 is 1.67 bits per heavy atom. The molecule has 1 aliphatic carbocycles. The molecule has 0 spiro atoms. The van der Waals surface area contributed by atoms with Crippen molar-refractivity contribution in [1.82, 2.24) is 4.90 Å². The Labute approximate surface area is 109 Å². The van der Waals surface area contributed by atoms with Gasteiger partial charge in [-0.15, -0.1) is 0 Å². The average molecular weight is 255 g/mol. The molecule has 1 saturated heterocycles. The molecule has 18 heavy (non-hydrogen) atoms. The van der Waals surface area contributed by atoms with Gasteiger partial charge < -0.3 is 14.7 Å². The second-order valence-corrected chi connectivity index (χ2v) is 5.54. The van der Waals surface area contributed by atoms with Gasteiger partial charge in [0, 0.05) is 13.1 Å². The zero-order valence-electron chi connectivity index (χ0n) is 11.1. The van der Waals surface area contributed by atoms with Crippen molar-refractivity contribution in [2.75, 3.05) is 19.7 Å². The quantitative estimate of drug-likeness (QED) is 0.835. The molecule has 0 aromatic heterocycles. The molecule has 2 fully saturated rings. The Morgan fingerprint density at radius 1 is 1.06 bits per heavy atom. The topological polar surface area (TPSA) is 49.8 Å². The zero-order valence-corrected chi connectivity index (χ0v) is 11.1. The van der Waals surface area contributed by atoms with Gasteiger partial charge in [0.2, 0.25) is 5.91 Å². The van der Waals surface area contributed by atoms with Crippen molar-refractivity contribution >= 4 is 5.91 Å². The van der Waals surface area contributed by atoms with E-state index in [4.69, 9.17) is 4.74 Å². The van der Waals surface area contributed by atoms with Crippen LogP contribution in [0.5, 0.6) is 0 Å². The minimum atomic E-state index is -0.161. The van der Waals surface area contributed by atoms with Crippen LogP contribution in [0.2, 0.25) is 0 Å². The number of rotatable bonds is 3. The van der Waals surface area contributed by atoms with Crippen molar-refractivity contribution < 1.29 is 14.6 Å². The molecule has 0 atom stereocenters. The van der Waals surface area contributed by atoms with E-state index in [9.17, 15) is 9.90 Å². The lowest BCUT2D eigenvalue weighted by atomic mass is 9.95. The number of carbonyl (C=O) groups is 1. The number of ether oxygens (including phenoxy) is 1. The van der Waals surface area contributed by atoms with Gasteiger partial charge in [-0.25, -0.2) is 0 Å². The largest absolute Gasteiger partial charge is 0.393 e. The third-order valence-corrected chi connectivity index (χ3v) is 4.05. The average Bonchev–Trinajstić information content (AvgIpc) is 2.66. The van der Waals surface area contributed by atoms with Crippen LogP contribution >= 0.6 is 0 Å². The van der Waals surface area contributed by atoms with Crippen LogP contribution in [-0.4, -0.2) is 47.8 Å². The summed E-state index contributed by atoms with van der Waals surface area (Å²) in [5.74, 6) is 0.142. The van der Waals surface area contributed by atoms with Gasteiger partial charge in [-0.05, 0) is 38.5 Å². The molecular formula is C14H25NO3. The summed E-state index contributed by atoms with van der Waals surface area (Å²) in [5.41, 5.74) is 0. The summed E-state index contributed by atoms with van der Waals surface area (Å²) in [6, 6.07) is 0. The molecule has 1 aliphatic heterocycles.